The summed E-state index contributed by atoms with van der Waals surface area (Å²) in [6.45, 7) is 5.01. The van der Waals surface area contributed by atoms with Crippen LogP contribution in [-0.4, -0.2) is 60.2 Å². The minimum Gasteiger partial charge on any atom is -0.354 e. The van der Waals surface area contributed by atoms with Gasteiger partial charge in [-0.25, -0.2) is 4.99 Å². The molecular weight excluding hydrogens is 528 g/mol. The number of rotatable bonds is 5. The molecule has 1 spiro atoms. The standard InChI is InChI=1S/C34H36N4O2S/c39-31-23-34(33(40)36-31)17-16-24-9-1-2-10-25(24)27(34)12-7-8-18-37-19-21-38(22-20-37)32-26-11-3-5-14-29(26)41-30-15-6-4-13-28(30)35-32/h1-6,9-11,13-15,27H,7-8,12,16-23H2,(H,36,39,40). The van der Waals surface area contributed by atoms with Gasteiger partial charge in [-0.2, -0.15) is 0 Å². The molecule has 7 rings (SSSR count). The molecule has 210 valence electrons. The van der Waals surface area contributed by atoms with Gasteiger partial charge in [-0.3, -0.25) is 19.8 Å². The Hall–Kier alpha value is -3.42. The van der Waals surface area contributed by atoms with E-state index in [-0.39, 0.29) is 17.7 Å². The van der Waals surface area contributed by atoms with E-state index < -0.39 is 5.41 Å². The lowest BCUT2D eigenvalue weighted by atomic mass is 9.61. The number of unbranched alkanes of at least 4 members (excludes halogenated alkanes) is 1. The van der Waals surface area contributed by atoms with Crippen molar-refractivity contribution in [3.8, 4) is 0 Å². The Morgan fingerprint density at radius 2 is 1.63 bits per heavy atom. The Labute approximate surface area is 246 Å². The molecule has 0 saturated carbocycles. The maximum Gasteiger partial charge on any atom is 0.233 e. The number of hydrogen-bond acceptors (Lipinski definition) is 6. The normalized spacial score (nSPS) is 23.9. The third kappa shape index (κ3) is 4.99. The average molecular weight is 565 g/mol. The van der Waals surface area contributed by atoms with Gasteiger partial charge in [-0.1, -0.05) is 72.8 Å². The SMILES string of the molecule is O=C1CC2(CCc3ccccc3C2CCCCN2CCN(C3=Nc4ccccc4Sc4ccccc43)CC2)C(=O)N1. The summed E-state index contributed by atoms with van der Waals surface area (Å²) in [5, 5.41) is 2.63. The van der Waals surface area contributed by atoms with Crippen LogP contribution in [0.5, 0.6) is 0 Å². The third-order valence-corrected chi connectivity index (χ3v) is 10.6. The van der Waals surface area contributed by atoms with E-state index in [1.54, 1.807) is 11.8 Å². The first kappa shape index (κ1) is 26.5. The second-order valence-corrected chi connectivity index (χ2v) is 12.9. The number of para-hydroxylation sites is 1. The van der Waals surface area contributed by atoms with Gasteiger partial charge >= 0.3 is 0 Å². The van der Waals surface area contributed by atoms with Crippen LogP contribution in [0.25, 0.3) is 0 Å². The zero-order valence-corrected chi connectivity index (χ0v) is 24.2. The molecule has 4 aliphatic rings. The van der Waals surface area contributed by atoms with Crippen molar-refractivity contribution >= 4 is 35.1 Å². The lowest BCUT2D eigenvalue weighted by Crippen LogP contribution is -2.49. The molecule has 41 heavy (non-hydrogen) atoms. The Morgan fingerprint density at radius 1 is 0.878 bits per heavy atom. The van der Waals surface area contributed by atoms with Crippen LogP contribution < -0.4 is 5.32 Å². The van der Waals surface area contributed by atoms with E-state index in [4.69, 9.17) is 4.99 Å². The van der Waals surface area contributed by atoms with Crippen molar-refractivity contribution in [2.24, 2.45) is 10.4 Å². The first-order valence-corrected chi connectivity index (χ1v) is 15.8. The highest BCUT2D eigenvalue weighted by molar-refractivity contribution is 7.99. The number of nitrogens with one attached hydrogen (secondary N) is 1. The summed E-state index contributed by atoms with van der Waals surface area (Å²) in [5.74, 6) is 1.04. The number of piperazine rings is 1. The van der Waals surface area contributed by atoms with Gasteiger partial charge in [0, 0.05) is 48.0 Å². The van der Waals surface area contributed by atoms with Crippen LogP contribution in [0.2, 0.25) is 0 Å². The summed E-state index contributed by atoms with van der Waals surface area (Å²) >= 11 is 1.80. The molecule has 2 saturated heterocycles. The van der Waals surface area contributed by atoms with Gasteiger partial charge < -0.3 is 4.90 Å². The van der Waals surface area contributed by atoms with Crippen molar-refractivity contribution in [3.63, 3.8) is 0 Å². The predicted molar refractivity (Wildman–Crippen MR) is 163 cm³/mol. The number of aryl methyl sites for hydroxylation is 1. The first-order valence-electron chi connectivity index (χ1n) is 15.0. The maximum atomic E-state index is 13.0. The summed E-state index contributed by atoms with van der Waals surface area (Å²) in [6, 6.07) is 25.6. The number of nitrogens with zero attached hydrogens (tertiary/aromatic N) is 3. The summed E-state index contributed by atoms with van der Waals surface area (Å²) in [4.78, 5) is 37.9. The molecule has 3 aromatic carbocycles. The lowest BCUT2D eigenvalue weighted by molar-refractivity contribution is -0.130. The first-order chi connectivity index (χ1) is 20.1. The topological polar surface area (TPSA) is 65.0 Å². The minimum absolute atomic E-state index is 0.0536. The molecule has 0 aromatic heterocycles. The molecule has 2 fully saturated rings. The predicted octanol–water partition coefficient (Wildman–Crippen LogP) is 5.78. The fourth-order valence-corrected chi connectivity index (χ4v) is 8.30. The number of aliphatic imine (C=N–C) groups is 1. The van der Waals surface area contributed by atoms with Crippen LogP contribution in [0.3, 0.4) is 0 Å². The summed E-state index contributed by atoms with van der Waals surface area (Å²) in [6.07, 6.45) is 5.07. The average Bonchev–Trinajstić information content (AvgIpc) is 3.18. The van der Waals surface area contributed by atoms with Crippen molar-refractivity contribution in [2.45, 2.75) is 54.2 Å². The summed E-state index contributed by atoms with van der Waals surface area (Å²) < 4.78 is 0. The van der Waals surface area contributed by atoms with Crippen LogP contribution in [-0.2, 0) is 16.0 Å². The number of amidine groups is 1. The molecule has 1 aliphatic carbocycles. The van der Waals surface area contributed by atoms with Crippen molar-refractivity contribution in [1.29, 1.82) is 0 Å². The van der Waals surface area contributed by atoms with Crippen LogP contribution in [0.1, 0.15) is 54.7 Å². The van der Waals surface area contributed by atoms with Crippen LogP contribution in [0.15, 0.2) is 87.6 Å². The second-order valence-electron chi connectivity index (χ2n) is 11.8. The van der Waals surface area contributed by atoms with Crippen LogP contribution >= 0.6 is 11.8 Å². The van der Waals surface area contributed by atoms with Gasteiger partial charge in [0.15, 0.2) is 0 Å². The summed E-state index contributed by atoms with van der Waals surface area (Å²) in [7, 11) is 0. The maximum absolute atomic E-state index is 13.0. The van der Waals surface area contributed by atoms with Crippen LogP contribution in [0.4, 0.5) is 5.69 Å². The summed E-state index contributed by atoms with van der Waals surface area (Å²) in [5.41, 5.74) is 4.32. The molecule has 0 radical (unpaired) electrons. The van der Waals surface area contributed by atoms with Crippen LogP contribution in [0, 0.1) is 5.41 Å². The molecule has 3 aromatic rings. The van der Waals surface area contributed by atoms with Crippen molar-refractivity contribution in [1.82, 2.24) is 15.1 Å². The molecule has 2 atom stereocenters. The monoisotopic (exact) mass is 564 g/mol. The largest absolute Gasteiger partial charge is 0.354 e. The minimum atomic E-state index is -0.566. The highest BCUT2D eigenvalue weighted by Gasteiger charge is 2.53. The lowest BCUT2D eigenvalue weighted by Gasteiger charge is -2.40. The fraction of sp³-hybridized carbons (Fsp3) is 0.382. The number of fused-ring (bicyclic) bond motifs is 3. The number of carbonyl (C=O) groups is 2. The smallest absolute Gasteiger partial charge is 0.233 e. The van der Waals surface area contributed by atoms with E-state index in [9.17, 15) is 9.59 Å². The van der Waals surface area contributed by atoms with E-state index in [0.717, 1.165) is 76.4 Å². The Morgan fingerprint density at radius 3 is 2.46 bits per heavy atom. The van der Waals surface area contributed by atoms with Gasteiger partial charge in [0.2, 0.25) is 11.8 Å². The molecule has 2 unspecified atom stereocenters. The molecule has 6 nitrogen and oxygen atoms in total. The van der Waals surface area contributed by atoms with Gasteiger partial charge in [0.25, 0.3) is 0 Å². The molecule has 0 bridgehead atoms. The zero-order valence-electron chi connectivity index (χ0n) is 23.4. The van der Waals surface area contributed by atoms with Gasteiger partial charge in [0.05, 0.1) is 11.1 Å². The number of hydrogen-bond donors (Lipinski definition) is 1. The third-order valence-electron chi connectivity index (χ3n) is 9.45. The molecule has 1 N–H and O–H groups in total. The highest BCUT2D eigenvalue weighted by atomic mass is 32.2. The number of imide groups is 1. The molecule has 3 aliphatic heterocycles. The Kier molecular flexibility index (Phi) is 7.17. The Balaban J connectivity index is 0.985. The molecule has 2 amide bonds. The number of benzene rings is 3. The van der Waals surface area contributed by atoms with Gasteiger partial charge in [0.1, 0.15) is 5.84 Å². The van der Waals surface area contributed by atoms with E-state index >= 15 is 0 Å². The highest BCUT2D eigenvalue weighted by Crippen LogP contribution is 2.52. The van der Waals surface area contributed by atoms with E-state index in [2.05, 4.69) is 87.9 Å². The van der Waals surface area contributed by atoms with Crippen molar-refractivity contribution in [3.05, 3.63) is 89.5 Å². The van der Waals surface area contributed by atoms with E-state index in [0.29, 0.717) is 6.42 Å². The van der Waals surface area contributed by atoms with E-state index in [1.807, 2.05) is 0 Å². The second kappa shape index (κ2) is 11.1. The van der Waals surface area contributed by atoms with E-state index in [1.165, 1.54) is 26.5 Å². The quantitative estimate of drug-likeness (QED) is 0.314. The molecule has 7 heteroatoms. The molecule has 3 heterocycles. The van der Waals surface area contributed by atoms with Crippen molar-refractivity contribution in [2.75, 3.05) is 32.7 Å². The fourth-order valence-electron chi connectivity index (χ4n) is 7.29. The van der Waals surface area contributed by atoms with Gasteiger partial charge in [-0.15, -0.1) is 0 Å². The zero-order chi connectivity index (χ0) is 27.8. The number of amides is 2. The number of carbonyl (C=O) groups excluding carboxylic acids is 2. The Bertz CT molecular complexity index is 1510. The molecular formula is C34H36N4O2S. The van der Waals surface area contributed by atoms with Gasteiger partial charge in [-0.05, 0) is 67.5 Å². The van der Waals surface area contributed by atoms with Crippen molar-refractivity contribution < 1.29 is 9.59 Å².